The van der Waals surface area contributed by atoms with Gasteiger partial charge in [-0.05, 0) is 68.3 Å². The third-order valence-corrected chi connectivity index (χ3v) is 9.68. The Labute approximate surface area is 255 Å². The maximum atomic E-state index is 15.1. The minimum absolute atomic E-state index is 0.0702. The smallest absolute Gasteiger partial charge is 0.238 e. The molecule has 0 saturated carbocycles. The summed E-state index contributed by atoms with van der Waals surface area (Å²) in [6, 6.07) is 24.6. The number of carbonyl (C=O) groups excluding carboxylic acids is 3. The van der Waals surface area contributed by atoms with Crippen molar-refractivity contribution in [2.75, 3.05) is 17.0 Å². The van der Waals surface area contributed by atoms with E-state index in [1.165, 1.54) is 0 Å². The van der Waals surface area contributed by atoms with E-state index in [0.717, 1.165) is 33.5 Å². The number of carbonyl (C=O) groups is 3. The van der Waals surface area contributed by atoms with E-state index < -0.39 is 23.4 Å². The molecule has 44 heavy (non-hydrogen) atoms. The van der Waals surface area contributed by atoms with Gasteiger partial charge in [0.25, 0.3) is 0 Å². The van der Waals surface area contributed by atoms with Crippen LogP contribution in [0.25, 0.3) is 5.57 Å². The van der Waals surface area contributed by atoms with Crippen LogP contribution in [-0.4, -0.2) is 36.4 Å². The van der Waals surface area contributed by atoms with Gasteiger partial charge in [0, 0.05) is 28.1 Å². The highest BCUT2D eigenvalue weighted by Crippen LogP contribution is 2.59. The zero-order chi connectivity index (χ0) is 30.3. The van der Waals surface area contributed by atoms with Crippen LogP contribution < -0.4 is 19.7 Å². The standard InChI is InChI=1S/C37H30N2O5/c1-20-8-11-23(12-9-20)35(41)33-32(34(40)24-13-15-29-30(18-24)44-19-43-29)37(26-6-4-5-7-27(26)38-36(37)42)31-17-22(3)25-16-21(2)10-14-28(25)39(31)33/h4-18,31-33H,19H2,1-3H3,(H,38,42). The van der Waals surface area contributed by atoms with E-state index >= 15 is 4.79 Å². The highest BCUT2D eigenvalue weighted by atomic mass is 16.7. The first-order valence-corrected chi connectivity index (χ1v) is 14.8. The predicted molar refractivity (Wildman–Crippen MR) is 168 cm³/mol. The number of para-hydroxylation sites is 1. The van der Waals surface area contributed by atoms with E-state index in [0.29, 0.717) is 28.3 Å². The summed E-state index contributed by atoms with van der Waals surface area (Å²) in [7, 11) is 0. The lowest BCUT2D eigenvalue weighted by Crippen LogP contribution is -2.51. The molecule has 4 aliphatic heterocycles. The van der Waals surface area contributed by atoms with Crippen LogP contribution in [0.5, 0.6) is 11.5 Å². The first kappa shape index (κ1) is 26.5. The highest BCUT2D eigenvalue weighted by molar-refractivity contribution is 6.18. The molecule has 4 unspecified atom stereocenters. The maximum Gasteiger partial charge on any atom is 0.238 e. The third-order valence-electron chi connectivity index (χ3n) is 9.68. The molecule has 0 radical (unpaired) electrons. The van der Waals surface area contributed by atoms with Crippen LogP contribution in [0.2, 0.25) is 0 Å². The number of hydrogen-bond donors (Lipinski definition) is 1. The van der Waals surface area contributed by atoms with E-state index in [1.807, 2.05) is 86.3 Å². The minimum Gasteiger partial charge on any atom is -0.454 e. The number of amides is 1. The topological polar surface area (TPSA) is 84.9 Å². The lowest BCUT2D eigenvalue weighted by atomic mass is 9.64. The Morgan fingerprint density at radius 3 is 2.36 bits per heavy atom. The summed E-state index contributed by atoms with van der Waals surface area (Å²) in [5.74, 6) is -0.820. The number of Topliss-reactive ketones (excluding diaryl/α,β-unsaturated/α-hetero) is 2. The molecule has 1 fully saturated rings. The monoisotopic (exact) mass is 582 g/mol. The van der Waals surface area contributed by atoms with E-state index in [4.69, 9.17) is 9.47 Å². The number of hydrogen-bond acceptors (Lipinski definition) is 6. The molecule has 4 aliphatic rings. The van der Waals surface area contributed by atoms with E-state index in [-0.39, 0.29) is 24.3 Å². The molecule has 0 bridgehead atoms. The molecule has 4 atom stereocenters. The molecule has 1 spiro atoms. The maximum absolute atomic E-state index is 15.1. The van der Waals surface area contributed by atoms with Gasteiger partial charge >= 0.3 is 0 Å². The first-order valence-electron chi connectivity index (χ1n) is 14.8. The molecule has 4 aromatic carbocycles. The second-order valence-corrected chi connectivity index (χ2v) is 12.2. The number of nitrogens with zero attached hydrogens (tertiary/aromatic N) is 1. The van der Waals surface area contributed by atoms with E-state index in [2.05, 4.69) is 17.5 Å². The number of fused-ring (bicyclic) bond motifs is 7. The molecular formula is C37H30N2O5. The lowest BCUT2D eigenvalue weighted by molar-refractivity contribution is -0.121. The van der Waals surface area contributed by atoms with Gasteiger partial charge < -0.3 is 19.7 Å². The molecule has 8 rings (SSSR count). The highest BCUT2D eigenvalue weighted by Gasteiger charge is 2.70. The molecular weight excluding hydrogens is 552 g/mol. The van der Waals surface area contributed by atoms with Gasteiger partial charge in [-0.25, -0.2) is 0 Å². The van der Waals surface area contributed by atoms with Crippen molar-refractivity contribution in [3.8, 4) is 11.5 Å². The second kappa shape index (κ2) is 9.41. The molecule has 218 valence electrons. The van der Waals surface area contributed by atoms with Gasteiger partial charge in [-0.1, -0.05) is 65.7 Å². The summed E-state index contributed by atoms with van der Waals surface area (Å²) in [5.41, 5.74) is 5.79. The Kier molecular flexibility index (Phi) is 5.66. The molecule has 0 aliphatic carbocycles. The Morgan fingerprint density at radius 1 is 0.818 bits per heavy atom. The summed E-state index contributed by atoms with van der Waals surface area (Å²) in [6.07, 6.45) is 2.08. The number of ether oxygens (including phenoxy) is 2. The molecule has 4 heterocycles. The van der Waals surface area contributed by atoms with Crippen LogP contribution >= 0.6 is 0 Å². The van der Waals surface area contributed by atoms with Crippen molar-refractivity contribution in [3.63, 3.8) is 0 Å². The van der Waals surface area contributed by atoms with Crippen molar-refractivity contribution in [3.05, 3.63) is 124 Å². The van der Waals surface area contributed by atoms with Crippen LogP contribution in [0.3, 0.4) is 0 Å². The first-order chi connectivity index (χ1) is 21.3. The van der Waals surface area contributed by atoms with Crippen molar-refractivity contribution in [2.45, 2.75) is 38.3 Å². The fourth-order valence-corrected chi connectivity index (χ4v) is 7.66. The van der Waals surface area contributed by atoms with Crippen molar-refractivity contribution in [2.24, 2.45) is 5.92 Å². The largest absolute Gasteiger partial charge is 0.454 e. The summed E-state index contributed by atoms with van der Waals surface area (Å²) in [6.45, 7) is 6.11. The van der Waals surface area contributed by atoms with Gasteiger partial charge in [0.1, 0.15) is 11.5 Å². The van der Waals surface area contributed by atoms with Gasteiger partial charge in [-0.2, -0.15) is 0 Å². The number of rotatable bonds is 4. The van der Waals surface area contributed by atoms with Crippen LogP contribution in [0.4, 0.5) is 11.4 Å². The van der Waals surface area contributed by atoms with Gasteiger partial charge in [0.05, 0.1) is 12.0 Å². The van der Waals surface area contributed by atoms with Crippen LogP contribution in [0.1, 0.15) is 49.9 Å². The molecule has 1 saturated heterocycles. The summed E-state index contributed by atoms with van der Waals surface area (Å²) in [5, 5.41) is 3.09. The SMILES string of the molecule is CC1=CC2N(c3ccc(C)cc31)C(C(=O)c1ccc(C)cc1)C(C(=O)c1ccc3c(c1)OCO3)C21C(=O)Nc2ccccc21. The lowest BCUT2D eigenvalue weighted by Gasteiger charge is -2.39. The van der Waals surface area contributed by atoms with Crippen LogP contribution in [0, 0.1) is 19.8 Å². The van der Waals surface area contributed by atoms with E-state index in [1.54, 1.807) is 18.2 Å². The molecule has 4 aromatic rings. The molecule has 1 amide bonds. The number of nitrogens with one attached hydrogen (secondary N) is 1. The van der Waals surface area contributed by atoms with Crippen molar-refractivity contribution < 1.29 is 23.9 Å². The number of anilines is 2. The molecule has 1 N–H and O–H groups in total. The molecule has 0 aromatic heterocycles. The molecule has 7 heteroatoms. The van der Waals surface area contributed by atoms with E-state index in [9.17, 15) is 9.59 Å². The van der Waals surface area contributed by atoms with Crippen LogP contribution in [0.15, 0.2) is 91.0 Å². The zero-order valence-corrected chi connectivity index (χ0v) is 24.6. The fraction of sp³-hybridized carbons (Fsp3) is 0.216. The van der Waals surface area contributed by atoms with Gasteiger partial charge in [0.15, 0.2) is 23.1 Å². The van der Waals surface area contributed by atoms with Gasteiger partial charge in [0.2, 0.25) is 12.7 Å². The summed E-state index contributed by atoms with van der Waals surface area (Å²) < 4.78 is 11.1. The predicted octanol–water partition coefficient (Wildman–Crippen LogP) is 6.28. The Hall–Kier alpha value is -5.17. The number of allylic oxidation sites excluding steroid dienone is 1. The number of ketones is 2. The van der Waals surface area contributed by atoms with Crippen molar-refractivity contribution >= 4 is 34.4 Å². The third kappa shape index (κ3) is 3.52. The Morgan fingerprint density at radius 2 is 1.55 bits per heavy atom. The average Bonchev–Trinajstić information content (AvgIpc) is 3.70. The normalized spacial score (nSPS) is 24.0. The van der Waals surface area contributed by atoms with Crippen molar-refractivity contribution in [1.82, 2.24) is 0 Å². The average molecular weight is 583 g/mol. The van der Waals surface area contributed by atoms with Gasteiger partial charge in [-0.15, -0.1) is 0 Å². The Balaban J connectivity index is 1.43. The quantitative estimate of drug-likeness (QED) is 0.285. The number of aryl methyl sites for hydroxylation is 2. The minimum atomic E-state index is -1.38. The van der Waals surface area contributed by atoms with Gasteiger partial charge in [-0.3, -0.25) is 14.4 Å². The summed E-state index contributed by atoms with van der Waals surface area (Å²) in [4.78, 5) is 46.6. The van der Waals surface area contributed by atoms with Crippen molar-refractivity contribution in [1.29, 1.82) is 0 Å². The van der Waals surface area contributed by atoms with Crippen LogP contribution in [-0.2, 0) is 10.2 Å². The molecule has 7 nitrogen and oxygen atoms in total. The fourth-order valence-electron chi connectivity index (χ4n) is 7.66. The zero-order valence-electron chi connectivity index (χ0n) is 24.6. The summed E-state index contributed by atoms with van der Waals surface area (Å²) >= 11 is 0. The second-order valence-electron chi connectivity index (χ2n) is 12.2. The Bertz CT molecular complexity index is 1940. The number of benzene rings is 4.